The highest BCUT2D eigenvalue weighted by Crippen LogP contribution is 2.23. The maximum Gasteiger partial charge on any atom is 0.176 e. The molecule has 0 saturated carbocycles. The fraction of sp³-hybridized carbons (Fsp3) is 0.533. The Hall–Kier alpha value is -0.860. The van der Waals surface area contributed by atoms with Gasteiger partial charge in [-0.05, 0) is 43.7 Å². The minimum atomic E-state index is 0.130. The first-order valence-corrected chi connectivity index (χ1v) is 6.58. The van der Waals surface area contributed by atoms with Crippen LogP contribution in [0.25, 0.3) is 0 Å². The molecule has 18 heavy (non-hydrogen) atoms. The van der Waals surface area contributed by atoms with E-state index in [1.807, 2.05) is 7.05 Å². The van der Waals surface area contributed by atoms with Gasteiger partial charge in [0, 0.05) is 16.6 Å². The third kappa shape index (κ3) is 4.11. The molecule has 0 radical (unpaired) electrons. The van der Waals surface area contributed by atoms with Gasteiger partial charge in [-0.25, -0.2) is 0 Å². The normalized spacial score (nSPS) is 13.7. The Balaban J connectivity index is 2.68. The molecule has 1 aromatic carbocycles. The third-order valence-corrected chi connectivity index (χ3v) is 3.73. The molecule has 0 aliphatic heterocycles. The highest BCUT2D eigenvalue weighted by molar-refractivity contribution is 6.30. The first-order valence-electron chi connectivity index (χ1n) is 6.21. The summed E-state index contributed by atoms with van der Waals surface area (Å²) in [7, 11) is 1.99. The van der Waals surface area contributed by atoms with Crippen molar-refractivity contribution in [3.63, 3.8) is 0 Å². The number of likely N-dealkylation sites (N-methyl/N-ethyl adjacent to an activating group) is 1. The van der Waals surface area contributed by atoms with E-state index in [2.05, 4.69) is 32.6 Å². The van der Waals surface area contributed by atoms with Gasteiger partial charge in [0.25, 0.3) is 0 Å². The molecule has 0 fully saturated rings. The lowest BCUT2D eigenvalue weighted by atomic mass is 9.87. The van der Waals surface area contributed by atoms with Gasteiger partial charge in [0.15, 0.2) is 5.78 Å². The van der Waals surface area contributed by atoms with Crippen LogP contribution in [0.1, 0.15) is 38.1 Å². The molecule has 1 aromatic rings. The monoisotopic (exact) mass is 267 g/mol. The number of nitrogens with zero attached hydrogens (tertiary/aromatic N) is 1. The molecular formula is C15H22ClNO. The fourth-order valence-electron chi connectivity index (χ4n) is 1.75. The van der Waals surface area contributed by atoms with Gasteiger partial charge in [0.2, 0.25) is 0 Å². The van der Waals surface area contributed by atoms with E-state index in [9.17, 15) is 4.79 Å². The highest BCUT2D eigenvalue weighted by atomic mass is 35.5. The molecule has 0 aliphatic carbocycles. The minimum Gasteiger partial charge on any atom is -0.296 e. The number of hydrogen-bond donors (Lipinski definition) is 0. The second-order valence-corrected chi connectivity index (χ2v) is 6.32. The zero-order valence-electron chi connectivity index (χ0n) is 11.8. The van der Waals surface area contributed by atoms with Crippen LogP contribution in [-0.2, 0) is 0 Å². The predicted octanol–water partition coefficient (Wildman–Crippen LogP) is 3.89. The van der Waals surface area contributed by atoms with Crippen LogP contribution in [0, 0.1) is 5.41 Å². The van der Waals surface area contributed by atoms with Crippen molar-refractivity contribution < 1.29 is 4.79 Å². The molecule has 1 unspecified atom stereocenters. The summed E-state index contributed by atoms with van der Waals surface area (Å²) >= 11 is 5.81. The summed E-state index contributed by atoms with van der Waals surface area (Å²) in [6, 6.07) is 7.40. The van der Waals surface area contributed by atoms with Gasteiger partial charge in [-0.2, -0.15) is 0 Å². The smallest absolute Gasteiger partial charge is 0.176 e. The van der Waals surface area contributed by atoms with E-state index in [1.165, 1.54) is 0 Å². The standard InChI is InChI=1S/C15H22ClNO/c1-11(15(2,3)4)17(5)10-14(18)12-6-8-13(16)9-7-12/h6-9,11H,10H2,1-5H3. The lowest BCUT2D eigenvalue weighted by Crippen LogP contribution is -2.41. The molecule has 0 bridgehead atoms. The Labute approximate surface area is 115 Å². The van der Waals surface area contributed by atoms with E-state index in [4.69, 9.17) is 11.6 Å². The number of Topliss-reactive ketones (excluding diaryl/α,β-unsaturated/α-hetero) is 1. The molecule has 0 aromatic heterocycles. The quantitative estimate of drug-likeness (QED) is 0.772. The van der Waals surface area contributed by atoms with Gasteiger partial charge in [0.1, 0.15) is 0 Å². The van der Waals surface area contributed by atoms with Gasteiger partial charge in [-0.1, -0.05) is 32.4 Å². The topological polar surface area (TPSA) is 20.3 Å². The minimum absolute atomic E-state index is 0.130. The second-order valence-electron chi connectivity index (χ2n) is 5.89. The van der Waals surface area contributed by atoms with E-state index < -0.39 is 0 Å². The number of hydrogen-bond acceptors (Lipinski definition) is 2. The lowest BCUT2D eigenvalue weighted by molar-refractivity contribution is 0.0853. The van der Waals surface area contributed by atoms with Gasteiger partial charge in [-0.3, -0.25) is 9.69 Å². The van der Waals surface area contributed by atoms with Crippen molar-refractivity contribution in [3.8, 4) is 0 Å². The van der Waals surface area contributed by atoms with Crippen LogP contribution < -0.4 is 0 Å². The van der Waals surface area contributed by atoms with Crippen LogP contribution in [-0.4, -0.2) is 30.3 Å². The Morgan fingerprint density at radius 3 is 2.22 bits per heavy atom. The molecule has 1 atom stereocenters. The summed E-state index contributed by atoms with van der Waals surface area (Å²) in [5, 5.41) is 0.656. The Morgan fingerprint density at radius 1 is 1.28 bits per heavy atom. The summed E-state index contributed by atoms with van der Waals surface area (Å²) in [5.74, 6) is 0.130. The molecule has 0 amide bonds. The summed E-state index contributed by atoms with van der Waals surface area (Å²) in [6.07, 6.45) is 0. The SMILES string of the molecule is CC(N(C)CC(=O)c1ccc(Cl)cc1)C(C)(C)C. The fourth-order valence-corrected chi connectivity index (χ4v) is 1.88. The first kappa shape index (κ1) is 15.2. The Bertz CT molecular complexity index is 405. The average Bonchev–Trinajstić information content (AvgIpc) is 2.27. The van der Waals surface area contributed by atoms with Crippen molar-refractivity contribution in [2.24, 2.45) is 5.41 Å². The van der Waals surface area contributed by atoms with Crippen LogP contribution in [0.2, 0.25) is 5.02 Å². The molecule has 0 aliphatic rings. The Morgan fingerprint density at radius 2 is 1.78 bits per heavy atom. The molecule has 0 heterocycles. The zero-order valence-corrected chi connectivity index (χ0v) is 12.6. The first-order chi connectivity index (χ1) is 8.21. The van der Waals surface area contributed by atoms with Crippen molar-refractivity contribution in [1.82, 2.24) is 4.90 Å². The van der Waals surface area contributed by atoms with E-state index in [-0.39, 0.29) is 11.2 Å². The summed E-state index contributed by atoms with van der Waals surface area (Å²) in [4.78, 5) is 14.2. The van der Waals surface area contributed by atoms with Crippen molar-refractivity contribution >= 4 is 17.4 Å². The number of carbonyl (C=O) groups excluding carboxylic acids is 1. The van der Waals surface area contributed by atoms with Crippen LogP contribution >= 0.6 is 11.6 Å². The van der Waals surface area contributed by atoms with Gasteiger partial charge in [-0.15, -0.1) is 0 Å². The van der Waals surface area contributed by atoms with Crippen LogP contribution in [0.15, 0.2) is 24.3 Å². The van der Waals surface area contributed by atoms with Crippen molar-refractivity contribution in [3.05, 3.63) is 34.9 Å². The van der Waals surface area contributed by atoms with Gasteiger partial charge in [0.05, 0.1) is 6.54 Å². The summed E-state index contributed by atoms with van der Waals surface area (Å²) < 4.78 is 0. The second kappa shape index (κ2) is 5.85. The van der Waals surface area contributed by atoms with Crippen molar-refractivity contribution in [2.45, 2.75) is 33.7 Å². The van der Waals surface area contributed by atoms with E-state index in [0.29, 0.717) is 23.2 Å². The van der Waals surface area contributed by atoms with E-state index >= 15 is 0 Å². The van der Waals surface area contributed by atoms with Crippen LogP contribution in [0.3, 0.4) is 0 Å². The number of ketones is 1. The third-order valence-electron chi connectivity index (χ3n) is 3.47. The maximum absolute atomic E-state index is 12.1. The van der Waals surface area contributed by atoms with Crippen LogP contribution in [0.4, 0.5) is 0 Å². The number of carbonyl (C=O) groups is 1. The van der Waals surface area contributed by atoms with E-state index in [0.717, 1.165) is 0 Å². The number of rotatable bonds is 4. The summed E-state index contributed by atoms with van der Waals surface area (Å²) in [6.45, 7) is 9.12. The van der Waals surface area contributed by atoms with Gasteiger partial charge >= 0.3 is 0 Å². The number of benzene rings is 1. The molecule has 0 N–H and O–H groups in total. The lowest BCUT2D eigenvalue weighted by Gasteiger charge is -2.34. The predicted molar refractivity (Wildman–Crippen MR) is 77.3 cm³/mol. The molecule has 3 heteroatoms. The number of halogens is 1. The zero-order chi connectivity index (χ0) is 13.9. The van der Waals surface area contributed by atoms with E-state index in [1.54, 1.807) is 24.3 Å². The largest absolute Gasteiger partial charge is 0.296 e. The Kier molecular flexibility index (Phi) is 4.94. The van der Waals surface area contributed by atoms with Gasteiger partial charge < -0.3 is 0 Å². The molecule has 2 nitrogen and oxygen atoms in total. The van der Waals surface area contributed by atoms with Crippen molar-refractivity contribution in [2.75, 3.05) is 13.6 Å². The van der Waals surface area contributed by atoms with Crippen molar-refractivity contribution in [1.29, 1.82) is 0 Å². The highest BCUT2D eigenvalue weighted by Gasteiger charge is 2.25. The molecule has 1 rings (SSSR count). The average molecular weight is 268 g/mol. The van der Waals surface area contributed by atoms with Crippen LogP contribution in [0.5, 0.6) is 0 Å². The molecule has 100 valence electrons. The molecular weight excluding hydrogens is 246 g/mol. The molecule has 0 saturated heterocycles. The maximum atomic E-state index is 12.1. The summed E-state index contributed by atoms with van der Waals surface area (Å²) in [5.41, 5.74) is 0.877. The molecule has 0 spiro atoms.